The first kappa shape index (κ1) is 48.3. The van der Waals surface area contributed by atoms with Crippen molar-refractivity contribution in [1.29, 1.82) is 0 Å². The number of anilines is 2. The van der Waals surface area contributed by atoms with E-state index in [0.717, 1.165) is 62.5 Å². The first-order valence-corrected chi connectivity index (χ1v) is 25.7. The van der Waals surface area contributed by atoms with Crippen LogP contribution in [0, 0.1) is 0 Å². The number of fused-ring (bicyclic) bond motifs is 6. The maximum Gasteiger partial charge on any atom is 1.00 e. The number of hydrogen-bond donors (Lipinski definition) is 1. The third kappa shape index (κ3) is 10.0. The summed E-state index contributed by atoms with van der Waals surface area (Å²) in [4.78, 5) is 7.11. The van der Waals surface area contributed by atoms with Gasteiger partial charge < -0.3 is 14.4 Å². The van der Waals surface area contributed by atoms with Crippen molar-refractivity contribution in [3.05, 3.63) is 131 Å². The summed E-state index contributed by atoms with van der Waals surface area (Å²) in [5.74, 6) is -0.617. The van der Waals surface area contributed by atoms with Crippen LogP contribution in [0.4, 0.5) is 11.4 Å². The number of likely N-dealkylation sites (N-methyl/N-ethyl adjacent to an activating group) is 1. The molecule has 3 heterocycles. The molecule has 8 rings (SSSR count). The van der Waals surface area contributed by atoms with Gasteiger partial charge in [0.1, 0.15) is 0 Å². The number of hydrogen-bond acceptors (Lipinski definition) is 8. The second-order valence-corrected chi connectivity index (χ2v) is 22.0. The normalized spacial score (nSPS) is 21.4. The van der Waals surface area contributed by atoms with E-state index in [4.69, 9.17) is 0 Å². The van der Waals surface area contributed by atoms with Crippen molar-refractivity contribution in [3.8, 4) is 0 Å². The van der Waals surface area contributed by atoms with Gasteiger partial charge in [0.25, 0.3) is 10.1 Å². The summed E-state index contributed by atoms with van der Waals surface area (Å²) in [5, 5.41) is 4.80. The molecule has 0 spiro atoms. The summed E-state index contributed by atoms with van der Waals surface area (Å²) in [7, 11) is -6.15. The van der Waals surface area contributed by atoms with Gasteiger partial charge in [0.2, 0.25) is 5.71 Å². The molecule has 4 aromatic rings. The Kier molecular flexibility index (Phi) is 14.6. The zero-order valence-electron chi connectivity index (χ0n) is 38.4. The molecule has 0 amide bonds. The zero-order chi connectivity index (χ0) is 44.7. The fourth-order valence-electron chi connectivity index (χ4n) is 10.7. The minimum absolute atomic E-state index is 0. The fraction of sp³-hybridized carbons (Fsp3) is 0.431. The van der Waals surface area contributed by atoms with Gasteiger partial charge >= 0.3 is 29.6 Å². The number of benzene rings is 4. The predicted molar refractivity (Wildman–Crippen MR) is 257 cm³/mol. The molecule has 1 N–H and O–H groups in total. The average molecular weight is 914 g/mol. The van der Waals surface area contributed by atoms with Crippen LogP contribution in [-0.4, -0.2) is 99.0 Å². The van der Waals surface area contributed by atoms with E-state index in [1.165, 1.54) is 55.2 Å². The van der Waals surface area contributed by atoms with Crippen molar-refractivity contribution in [2.24, 2.45) is 0 Å². The summed E-state index contributed by atoms with van der Waals surface area (Å²) < 4.78 is 70.0. The number of unbranched alkanes of at least 4 members (excludes halogenated alkanes) is 2. The van der Waals surface area contributed by atoms with Gasteiger partial charge in [0.05, 0.1) is 29.0 Å². The van der Waals surface area contributed by atoms with Crippen LogP contribution in [0.1, 0.15) is 83.8 Å². The molecule has 334 valence electrons. The summed E-state index contributed by atoms with van der Waals surface area (Å²) >= 11 is 0. The standard InChI is InChI=1S/C51H62N4O6S2.Na/c1-50(2)45(54(29-10-12-35-62(56,57)58)43-25-21-37-15-6-8-19-41(37)47(43)50)27-23-39-17-14-18-40(49(39)53-33-31-52(5)32-34-53)24-28-46-51(3,4)48-42-20-9-7-16-38(42)22-26-44(48)55(46)30-11-13-36-63(59,60)61;/h6-9,15-16,19-28H,10-14,17-18,29-36H2,1-5H3,(H-,56,57,58,59,60,61);/q;+1. The Labute approximate surface area is 402 Å². The molecule has 64 heavy (non-hydrogen) atoms. The molecule has 10 nitrogen and oxygen atoms in total. The number of allylic oxidation sites excluding steroid dienone is 8. The molecule has 1 aliphatic carbocycles. The van der Waals surface area contributed by atoms with Gasteiger partial charge in [-0.15, -0.1) is 0 Å². The van der Waals surface area contributed by atoms with E-state index >= 15 is 0 Å². The van der Waals surface area contributed by atoms with Crippen LogP contribution in [0.5, 0.6) is 0 Å². The van der Waals surface area contributed by atoms with Gasteiger partial charge in [-0.3, -0.25) is 9.45 Å². The van der Waals surface area contributed by atoms with Crippen LogP contribution in [0.15, 0.2) is 120 Å². The molecule has 0 bridgehead atoms. The molecule has 3 aliphatic heterocycles. The van der Waals surface area contributed by atoms with E-state index in [-0.39, 0.29) is 51.9 Å². The summed E-state index contributed by atoms with van der Waals surface area (Å²) in [6.07, 6.45) is 14.1. The van der Waals surface area contributed by atoms with Crippen molar-refractivity contribution in [1.82, 2.24) is 4.90 Å². The Morgan fingerprint density at radius 3 is 1.56 bits per heavy atom. The van der Waals surface area contributed by atoms with Crippen LogP contribution in [0.3, 0.4) is 0 Å². The SMILES string of the molecule is CN1CC[N+](=C2C(=CC=C3N(CCCCS(=O)(=O)[O-])c4ccc5ccccc5c4C3(C)C)CCCC2=CC=C2N(CCCCS(=O)(=O)O)c3ccc4ccccc4c3C2(C)C)CC1.[Na+]. The smallest absolute Gasteiger partial charge is 0.748 e. The minimum atomic E-state index is -4.29. The Morgan fingerprint density at radius 1 is 0.656 bits per heavy atom. The Bertz CT molecular complexity index is 2640. The summed E-state index contributed by atoms with van der Waals surface area (Å²) in [5.41, 5.74) is 10.4. The van der Waals surface area contributed by atoms with Gasteiger partial charge in [0.15, 0.2) is 13.1 Å². The van der Waals surface area contributed by atoms with Gasteiger partial charge in [-0.1, -0.05) is 101 Å². The van der Waals surface area contributed by atoms with Crippen molar-refractivity contribution in [2.75, 3.05) is 67.6 Å². The minimum Gasteiger partial charge on any atom is -0.748 e. The summed E-state index contributed by atoms with van der Waals surface area (Å²) in [6, 6.07) is 25.8. The molecule has 0 atom stereocenters. The van der Waals surface area contributed by atoms with E-state index in [2.05, 4.69) is 151 Å². The number of rotatable bonds is 12. The molecular formula is C51H62N4NaO6S2+. The molecule has 0 radical (unpaired) electrons. The van der Waals surface area contributed by atoms with Crippen LogP contribution in [0.2, 0.25) is 0 Å². The fourth-order valence-corrected chi connectivity index (χ4v) is 11.8. The largest absolute Gasteiger partial charge is 1.00 e. The third-order valence-electron chi connectivity index (χ3n) is 13.8. The molecule has 13 heteroatoms. The van der Waals surface area contributed by atoms with E-state index in [9.17, 15) is 25.9 Å². The monoisotopic (exact) mass is 913 g/mol. The van der Waals surface area contributed by atoms with Gasteiger partial charge in [-0.05, 0) is 109 Å². The van der Waals surface area contributed by atoms with E-state index in [0.29, 0.717) is 38.8 Å². The second-order valence-electron chi connectivity index (χ2n) is 18.9. The maximum atomic E-state index is 11.6. The predicted octanol–water partition coefficient (Wildman–Crippen LogP) is 6.09. The van der Waals surface area contributed by atoms with Crippen molar-refractivity contribution >= 4 is 58.9 Å². The average Bonchev–Trinajstić information content (AvgIpc) is 3.60. The van der Waals surface area contributed by atoms with Gasteiger partial charge in [0, 0.05) is 63.6 Å². The molecule has 1 saturated carbocycles. The van der Waals surface area contributed by atoms with Crippen molar-refractivity contribution < 1.29 is 60.1 Å². The first-order chi connectivity index (χ1) is 29.9. The third-order valence-corrected chi connectivity index (χ3v) is 15.4. The quantitative estimate of drug-likeness (QED) is 0.0779. The van der Waals surface area contributed by atoms with Crippen LogP contribution < -0.4 is 39.4 Å². The number of piperazine rings is 1. The Hall–Kier alpha value is -3.59. The molecule has 0 aromatic heterocycles. The van der Waals surface area contributed by atoms with Crippen LogP contribution in [-0.2, 0) is 31.1 Å². The number of nitrogens with zero attached hydrogens (tertiary/aromatic N) is 4. The molecule has 2 fully saturated rings. The van der Waals surface area contributed by atoms with Crippen molar-refractivity contribution in [3.63, 3.8) is 0 Å². The first-order valence-electron chi connectivity index (χ1n) is 22.6. The van der Waals surface area contributed by atoms with E-state index in [1.807, 2.05) is 0 Å². The molecule has 0 unspecified atom stereocenters. The van der Waals surface area contributed by atoms with Gasteiger partial charge in [-0.25, -0.2) is 13.0 Å². The molecule has 4 aliphatic rings. The maximum absolute atomic E-state index is 11.6. The molecular weight excluding hydrogens is 852 g/mol. The van der Waals surface area contributed by atoms with E-state index in [1.54, 1.807) is 0 Å². The van der Waals surface area contributed by atoms with Crippen molar-refractivity contribution in [2.45, 2.75) is 83.5 Å². The Balaban J connectivity index is 0.00000612. The molecule has 4 aromatic carbocycles. The van der Waals surface area contributed by atoms with Crippen LogP contribution >= 0.6 is 0 Å². The second kappa shape index (κ2) is 19.3. The molecule has 1 saturated heterocycles. The van der Waals surface area contributed by atoms with Gasteiger partial charge in [-0.2, -0.15) is 8.42 Å². The van der Waals surface area contributed by atoms with E-state index < -0.39 is 20.2 Å². The zero-order valence-corrected chi connectivity index (χ0v) is 42.1. The summed E-state index contributed by atoms with van der Waals surface area (Å²) in [6.45, 7) is 14.2. The Morgan fingerprint density at radius 2 is 1.11 bits per heavy atom. The van der Waals surface area contributed by atoms with Crippen LogP contribution in [0.25, 0.3) is 21.5 Å². The topological polar surface area (TPSA) is 124 Å².